The molecule has 5 aliphatic rings. The molecule has 29 heavy (non-hydrogen) atoms. The van der Waals surface area contributed by atoms with E-state index in [2.05, 4.69) is 32.7 Å². The Bertz CT molecular complexity index is 588. The van der Waals surface area contributed by atoms with Crippen LogP contribution in [0.3, 0.4) is 0 Å². The molecule has 0 bridgehead atoms. The zero-order valence-electron chi connectivity index (χ0n) is 17.8. The molecule has 164 valence electrons. The summed E-state index contributed by atoms with van der Waals surface area (Å²) in [6.07, 6.45) is 6.08. The maximum Gasteiger partial charge on any atom is 0.237 e. The van der Waals surface area contributed by atoms with Crippen molar-refractivity contribution >= 4 is 5.91 Å². The second kappa shape index (κ2) is 8.40. The molecule has 5 rings (SSSR count). The van der Waals surface area contributed by atoms with Gasteiger partial charge in [-0.15, -0.1) is 0 Å². The number of nitrogens with zero attached hydrogens (tertiary/aromatic N) is 2. The number of piperazine rings is 1. The van der Waals surface area contributed by atoms with E-state index in [9.17, 15) is 9.18 Å². The molecular formula is C22H38FN5O. The lowest BCUT2D eigenvalue weighted by Gasteiger charge is -2.44. The van der Waals surface area contributed by atoms with Crippen LogP contribution in [0.1, 0.15) is 51.9 Å². The minimum Gasteiger partial charge on any atom is -0.352 e. The van der Waals surface area contributed by atoms with Crippen molar-refractivity contribution in [3.63, 3.8) is 0 Å². The third-order valence-electron chi connectivity index (χ3n) is 8.49. The van der Waals surface area contributed by atoms with Crippen LogP contribution in [0, 0.1) is 11.8 Å². The van der Waals surface area contributed by atoms with Crippen LogP contribution in [0.4, 0.5) is 4.39 Å². The fourth-order valence-electron chi connectivity index (χ4n) is 6.75. The van der Waals surface area contributed by atoms with E-state index in [1.54, 1.807) is 0 Å². The lowest BCUT2D eigenvalue weighted by Crippen LogP contribution is -2.56. The first-order valence-electron chi connectivity index (χ1n) is 12.0. The number of carbonyl (C=O) groups excluding carboxylic acids is 1. The molecule has 0 spiro atoms. The summed E-state index contributed by atoms with van der Waals surface area (Å²) < 4.78 is 14.4. The average molecular weight is 408 g/mol. The molecule has 3 aliphatic heterocycles. The molecule has 3 N–H and O–H groups in total. The second-order valence-corrected chi connectivity index (χ2v) is 10.3. The predicted molar refractivity (Wildman–Crippen MR) is 111 cm³/mol. The Morgan fingerprint density at radius 2 is 1.93 bits per heavy atom. The van der Waals surface area contributed by atoms with Crippen LogP contribution in [0.25, 0.3) is 0 Å². The highest BCUT2D eigenvalue weighted by atomic mass is 19.1. The zero-order chi connectivity index (χ0) is 20.0. The average Bonchev–Trinajstić information content (AvgIpc) is 3.38. The van der Waals surface area contributed by atoms with Gasteiger partial charge in [0.2, 0.25) is 5.91 Å². The van der Waals surface area contributed by atoms with Crippen molar-refractivity contribution in [1.29, 1.82) is 0 Å². The number of carbonyl (C=O) groups is 1. The fourth-order valence-corrected chi connectivity index (χ4v) is 6.75. The van der Waals surface area contributed by atoms with Gasteiger partial charge in [-0.3, -0.25) is 14.6 Å². The van der Waals surface area contributed by atoms with Gasteiger partial charge in [0.25, 0.3) is 0 Å². The maximum atomic E-state index is 14.4. The highest BCUT2D eigenvalue weighted by Crippen LogP contribution is 2.38. The number of rotatable bonds is 3. The Labute approximate surface area is 174 Å². The third-order valence-corrected chi connectivity index (χ3v) is 8.49. The van der Waals surface area contributed by atoms with Gasteiger partial charge in [-0.1, -0.05) is 6.92 Å². The van der Waals surface area contributed by atoms with Crippen molar-refractivity contribution in [1.82, 2.24) is 25.8 Å². The molecule has 0 aromatic heterocycles. The van der Waals surface area contributed by atoms with E-state index >= 15 is 0 Å². The molecule has 0 aromatic carbocycles. The van der Waals surface area contributed by atoms with Gasteiger partial charge in [0.1, 0.15) is 6.17 Å². The standard InChI is InChI=1S/C22H38FN5O/c1-14-5-6-19(23)18-10-20(26-21(14)18)22(29)25-15-3-2-4-16(9-15)27-7-8-28-13-24-11-17(28)12-27/h14-21,24,26H,2-13H2,1H3,(H,25,29)/t14?,15-,16-,17?,18?,19?,20?,21?/m1/s1. The largest absolute Gasteiger partial charge is 0.352 e. The van der Waals surface area contributed by atoms with Gasteiger partial charge in [-0.05, 0) is 50.9 Å². The smallest absolute Gasteiger partial charge is 0.237 e. The van der Waals surface area contributed by atoms with Gasteiger partial charge >= 0.3 is 0 Å². The maximum absolute atomic E-state index is 14.4. The van der Waals surface area contributed by atoms with Crippen LogP contribution in [-0.2, 0) is 4.79 Å². The fraction of sp³-hybridized carbons (Fsp3) is 0.955. The number of hydrogen-bond donors (Lipinski definition) is 3. The molecule has 8 atom stereocenters. The van der Waals surface area contributed by atoms with Crippen LogP contribution in [-0.4, -0.2) is 84.9 Å². The Balaban J connectivity index is 1.14. The summed E-state index contributed by atoms with van der Waals surface area (Å²) in [4.78, 5) is 18.2. The molecule has 0 radical (unpaired) electrons. The first kappa shape index (κ1) is 20.2. The highest BCUT2D eigenvalue weighted by Gasteiger charge is 2.46. The quantitative estimate of drug-likeness (QED) is 0.654. The lowest BCUT2D eigenvalue weighted by atomic mass is 9.77. The van der Waals surface area contributed by atoms with Gasteiger partial charge in [0.05, 0.1) is 6.04 Å². The van der Waals surface area contributed by atoms with E-state index in [0.717, 1.165) is 52.1 Å². The second-order valence-electron chi connectivity index (χ2n) is 10.3. The van der Waals surface area contributed by atoms with Gasteiger partial charge in [0.15, 0.2) is 0 Å². The van der Waals surface area contributed by atoms with Gasteiger partial charge in [0, 0.05) is 62.9 Å². The van der Waals surface area contributed by atoms with Gasteiger partial charge < -0.3 is 16.0 Å². The minimum absolute atomic E-state index is 0.0184. The van der Waals surface area contributed by atoms with E-state index in [0.29, 0.717) is 30.8 Å². The Morgan fingerprint density at radius 1 is 1.07 bits per heavy atom. The molecule has 6 nitrogen and oxygen atoms in total. The van der Waals surface area contributed by atoms with Crippen molar-refractivity contribution < 1.29 is 9.18 Å². The minimum atomic E-state index is -0.746. The Kier molecular flexibility index (Phi) is 5.84. The molecule has 6 unspecified atom stereocenters. The molecular weight excluding hydrogens is 369 g/mol. The van der Waals surface area contributed by atoms with Gasteiger partial charge in [-0.2, -0.15) is 0 Å². The first-order chi connectivity index (χ1) is 14.1. The number of halogens is 1. The van der Waals surface area contributed by atoms with E-state index in [1.807, 2.05) is 0 Å². The summed E-state index contributed by atoms with van der Waals surface area (Å²) >= 11 is 0. The van der Waals surface area contributed by atoms with Crippen molar-refractivity contribution in [2.75, 3.05) is 32.8 Å². The van der Waals surface area contributed by atoms with Crippen molar-refractivity contribution in [2.24, 2.45) is 11.8 Å². The molecule has 3 heterocycles. The molecule has 2 saturated carbocycles. The molecule has 5 fully saturated rings. The Hall–Kier alpha value is -0.760. The lowest BCUT2D eigenvalue weighted by molar-refractivity contribution is -0.124. The van der Waals surface area contributed by atoms with Crippen LogP contribution in [0.2, 0.25) is 0 Å². The SMILES string of the molecule is CC1CCC(F)C2CC(C(=O)N[C@@H]3CCC[C@@H](N4CCN5CNCC5C4)C3)NC12. The van der Waals surface area contributed by atoms with Crippen molar-refractivity contribution in [2.45, 2.75) is 88.3 Å². The number of amides is 1. The monoisotopic (exact) mass is 407 g/mol. The van der Waals surface area contributed by atoms with Crippen LogP contribution in [0.5, 0.6) is 0 Å². The summed E-state index contributed by atoms with van der Waals surface area (Å²) in [7, 11) is 0. The zero-order valence-corrected chi connectivity index (χ0v) is 17.8. The van der Waals surface area contributed by atoms with E-state index in [-0.39, 0.29) is 30.0 Å². The summed E-state index contributed by atoms with van der Waals surface area (Å²) in [5.41, 5.74) is 0. The topological polar surface area (TPSA) is 59.6 Å². The summed E-state index contributed by atoms with van der Waals surface area (Å²) in [5.74, 6) is 0.590. The van der Waals surface area contributed by atoms with Gasteiger partial charge in [-0.25, -0.2) is 4.39 Å². The van der Waals surface area contributed by atoms with Crippen LogP contribution < -0.4 is 16.0 Å². The van der Waals surface area contributed by atoms with Crippen molar-refractivity contribution in [3.05, 3.63) is 0 Å². The first-order valence-corrected chi connectivity index (χ1v) is 12.0. The van der Waals surface area contributed by atoms with Crippen molar-refractivity contribution in [3.8, 4) is 0 Å². The molecule has 3 saturated heterocycles. The molecule has 7 heteroatoms. The summed E-state index contributed by atoms with van der Waals surface area (Å²) in [6.45, 7) is 7.79. The Morgan fingerprint density at radius 3 is 2.79 bits per heavy atom. The highest BCUT2D eigenvalue weighted by molar-refractivity contribution is 5.82. The number of hydrogen-bond acceptors (Lipinski definition) is 5. The predicted octanol–water partition coefficient (Wildman–Crippen LogP) is 1.08. The van der Waals surface area contributed by atoms with E-state index < -0.39 is 6.17 Å². The van der Waals surface area contributed by atoms with Crippen LogP contribution in [0.15, 0.2) is 0 Å². The number of fused-ring (bicyclic) bond motifs is 2. The number of nitrogens with one attached hydrogen (secondary N) is 3. The summed E-state index contributed by atoms with van der Waals surface area (Å²) in [6, 6.07) is 1.47. The van der Waals surface area contributed by atoms with E-state index in [1.165, 1.54) is 12.8 Å². The van der Waals surface area contributed by atoms with E-state index in [4.69, 9.17) is 0 Å². The third kappa shape index (κ3) is 4.08. The molecule has 1 amide bonds. The normalized spacial score (nSPS) is 46.3. The molecule has 2 aliphatic carbocycles. The van der Waals surface area contributed by atoms with Crippen LogP contribution >= 0.6 is 0 Å². The molecule has 0 aromatic rings. The number of alkyl halides is 1. The summed E-state index contributed by atoms with van der Waals surface area (Å²) in [5, 5.41) is 10.3.